The smallest absolute Gasteiger partial charge is 0.338 e. The van der Waals surface area contributed by atoms with Gasteiger partial charge in [0, 0.05) is 24.2 Å². The van der Waals surface area contributed by atoms with Crippen LogP contribution >= 0.6 is 11.8 Å². The minimum Gasteiger partial charge on any atom is -0.454 e. The standard InChI is InChI=1S/C20H15N5O5S/c26-19-18-23-22-17(24(18)9-8-21-19)11-30-20(27)14-6-7-16(15(10-14)25(28)29)31-12-13-4-2-1-3-5-13/h1-10H,11-12H2,(H,21,26). The van der Waals surface area contributed by atoms with Gasteiger partial charge in [0.1, 0.15) is 0 Å². The van der Waals surface area contributed by atoms with Gasteiger partial charge in [0.25, 0.3) is 11.2 Å². The number of hydrogen-bond donors (Lipinski definition) is 1. The first-order valence-corrected chi connectivity index (χ1v) is 10.0. The van der Waals surface area contributed by atoms with Crippen LogP contribution in [0.1, 0.15) is 21.7 Å². The van der Waals surface area contributed by atoms with Gasteiger partial charge in [-0.15, -0.1) is 22.0 Å². The van der Waals surface area contributed by atoms with E-state index in [1.807, 2.05) is 30.3 Å². The number of nitrogens with one attached hydrogen (secondary N) is 1. The summed E-state index contributed by atoms with van der Waals surface area (Å²) in [5, 5.41) is 19.1. The molecule has 0 spiro atoms. The van der Waals surface area contributed by atoms with Crippen molar-refractivity contribution in [1.82, 2.24) is 19.6 Å². The summed E-state index contributed by atoms with van der Waals surface area (Å²) in [6, 6.07) is 13.8. The summed E-state index contributed by atoms with van der Waals surface area (Å²) in [4.78, 5) is 38.0. The highest BCUT2D eigenvalue weighted by molar-refractivity contribution is 7.98. The fourth-order valence-corrected chi connectivity index (χ4v) is 3.80. The highest BCUT2D eigenvalue weighted by atomic mass is 32.2. The average molecular weight is 437 g/mol. The van der Waals surface area contributed by atoms with Crippen molar-refractivity contribution in [3.05, 3.63) is 98.3 Å². The van der Waals surface area contributed by atoms with Crippen molar-refractivity contribution in [2.45, 2.75) is 17.3 Å². The van der Waals surface area contributed by atoms with Crippen LogP contribution in [-0.4, -0.2) is 30.5 Å². The van der Waals surface area contributed by atoms with E-state index >= 15 is 0 Å². The number of nitro benzene ring substituents is 1. The maximum atomic E-state index is 12.4. The summed E-state index contributed by atoms with van der Waals surface area (Å²) >= 11 is 1.32. The van der Waals surface area contributed by atoms with Crippen molar-refractivity contribution in [3.8, 4) is 0 Å². The van der Waals surface area contributed by atoms with Gasteiger partial charge < -0.3 is 9.72 Å². The first kappa shape index (κ1) is 20.3. The summed E-state index contributed by atoms with van der Waals surface area (Å²) < 4.78 is 6.62. The molecule has 2 heterocycles. The van der Waals surface area contributed by atoms with Crippen LogP contribution in [0.4, 0.5) is 5.69 Å². The Morgan fingerprint density at radius 1 is 1.19 bits per heavy atom. The molecule has 0 bridgehead atoms. The number of H-pyrrole nitrogens is 1. The van der Waals surface area contributed by atoms with Gasteiger partial charge in [0.2, 0.25) is 5.65 Å². The number of aromatic amines is 1. The fourth-order valence-electron chi connectivity index (χ4n) is 2.84. The second-order valence-corrected chi connectivity index (χ2v) is 7.41. The lowest BCUT2D eigenvalue weighted by Crippen LogP contribution is -2.11. The van der Waals surface area contributed by atoms with Gasteiger partial charge >= 0.3 is 5.97 Å². The Morgan fingerprint density at radius 3 is 2.77 bits per heavy atom. The topological polar surface area (TPSA) is 132 Å². The molecule has 4 rings (SSSR count). The molecule has 0 amide bonds. The lowest BCUT2D eigenvalue weighted by Gasteiger charge is -2.07. The Labute approximate surface area is 179 Å². The van der Waals surface area contributed by atoms with Gasteiger partial charge in [-0.2, -0.15) is 0 Å². The zero-order valence-corrected chi connectivity index (χ0v) is 16.7. The number of nitrogens with zero attached hydrogens (tertiary/aromatic N) is 4. The number of benzene rings is 2. The monoisotopic (exact) mass is 437 g/mol. The average Bonchev–Trinajstić information content (AvgIpc) is 3.21. The third-order valence-electron chi connectivity index (χ3n) is 4.37. The minimum absolute atomic E-state index is 0.0439. The Hall–Kier alpha value is -3.99. The SMILES string of the molecule is O=C(OCc1nnc2c(=O)[nH]ccn12)c1ccc(SCc2ccccc2)c([N+](=O)[O-])c1. The molecule has 0 saturated heterocycles. The second-order valence-electron chi connectivity index (χ2n) is 6.39. The highest BCUT2D eigenvalue weighted by Crippen LogP contribution is 2.32. The molecule has 0 atom stereocenters. The Morgan fingerprint density at radius 2 is 2.00 bits per heavy atom. The number of nitro groups is 1. The van der Waals surface area contributed by atoms with E-state index in [2.05, 4.69) is 15.2 Å². The highest BCUT2D eigenvalue weighted by Gasteiger charge is 2.19. The number of carbonyl (C=O) groups excluding carboxylic acids is 1. The normalized spacial score (nSPS) is 10.8. The largest absolute Gasteiger partial charge is 0.454 e. The maximum absolute atomic E-state index is 12.4. The molecule has 1 N–H and O–H groups in total. The summed E-state index contributed by atoms with van der Waals surface area (Å²) in [6.45, 7) is -0.248. The van der Waals surface area contributed by atoms with Crippen molar-refractivity contribution in [3.63, 3.8) is 0 Å². The van der Waals surface area contributed by atoms with Crippen LogP contribution in [-0.2, 0) is 17.1 Å². The quantitative estimate of drug-likeness (QED) is 0.202. The van der Waals surface area contributed by atoms with Gasteiger partial charge in [-0.3, -0.25) is 19.3 Å². The van der Waals surface area contributed by atoms with Crippen molar-refractivity contribution in [1.29, 1.82) is 0 Å². The molecule has 11 heteroatoms. The number of fused-ring (bicyclic) bond motifs is 1. The number of hydrogen-bond acceptors (Lipinski definition) is 8. The molecule has 0 aliphatic carbocycles. The third kappa shape index (κ3) is 4.46. The van der Waals surface area contributed by atoms with Gasteiger partial charge in [0.15, 0.2) is 12.4 Å². The number of thioether (sulfide) groups is 1. The molecule has 0 aliphatic heterocycles. The van der Waals surface area contributed by atoms with E-state index in [1.54, 1.807) is 0 Å². The first-order chi connectivity index (χ1) is 15.0. The number of esters is 1. The van der Waals surface area contributed by atoms with Crippen molar-refractivity contribution in [2.24, 2.45) is 0 Å². The molecular formula is C20H15N5O5S. The van der Waals surface area contributed by atoms with Crippen molar-refractivity contribution < 1.29 is 14.5 Å². The molecule has 156 valence electrons. The predicted octanol–water partition coefficient (Wildman–Crippen LogP) is 2.98. The molecule has 0 aliphatic rings. The number of rotatable bonds is 7. The van der Waals surface area contributed by atoms with Gasteiger partial charge in [-0.05, 0) is 17.7 Å². The Bertz CT molecular complexity index is 1320. The summed E-state index contributed by atoms with van der Waals surface area (Å²) in [6.07, 6.45) is 2.95. The van der Waals surface area contributed by atoms with Crippen molar-refractivity contribution >= 4 is 29.1 Å². The lowest BCUT2D eigenvalue weighted by molar-refractivity contribution is -0.387. The second kappa shape index (κ2) is 8.79. The van der Waals surface area contributed by atoms with E-state index in [-0.39, 0.29) is 29.3 Å². The van der Waals surface area contributed by atoms with E-state index in [9.17, 15) is 19.7 Å². The summed E-state index contributed by atoms with van der Waals surface area (Å²) in [7, 11) is 0. The van der Waals surface area contributed by atoms with E-state index in [0.29, 0.717) is 10.6 Å². The number of aromatic nitrogens is 4. The predicted molar refractivity (Wildman–Crippen MR) is 112 cm³/mol. The van der Waals surface area contributed by atoms with E-state index in [1.165, 1.54) is 46.8 Å². The molecule has 31 heavy (non-hydrogen) atoms. The molecule has 4 aromatic rings. The molecule has 0 fully saturated rings. The zero-order valence-electron chi connectivity index (χ0n) is 15.9. The third-order valence-corrected chi connectivity index (χ3v) is 5.50. The van der Waals surface area contributed by atoms with Crippen LogP contribution in [0.2, 0.25) is 0 Å². The molecular weight excluding hydrogens is 422 g/mol. The summed E-state index contributed by atoms with van der Waals surface area (Å²) in [5.74, 6) is 0.0631. The summed E-state index contributed by atoms with van der Waals surface area (Å²) in [5.41, 5.74) is 0.553. The van der Waals surface area contributed by atoms with Gasteiger partial charge in [0.05, 0.1) is 15.4 Å². The maximum Gasteiger partial charge on any atom is 0.338 e. The molecule has 2 aromatic heterocycles. The van der Waals surface area contributed by atoms with Crippen LogP contribution in [0.15, 0.2) is 70.6 Å². The number of carbonyl (C=O) groups is 1. The first-order valence-electron chi connectivity index (χ1n) is 9.06. The van der Waals surface area contributed by atoms with E-state index in [4.69, 9.17) is 4.74 Å². The van der Waals surface area contributed by atoms with Gasteiger partial charge in [-0.1, -0.05) is 30.3 Å². The van der Waals surface area contributed by atoms with Crippen LogP contribution in [0.5, 0.6) is 0 Å². The molecule has 2 aromatic carbocycles. The van der Waals surface area contributed by atoms with Crippen LogP contribution in [0.3, 0.4) is 0 Å². The molecule has 10 nitrogen and oxygen atoms in total. The zero-order chi connectivity index (χ0) is 21.8. The minimum atomic E-state index is -0.746. The lowest BCUT2D eigenvalue weighted by atomic mass is 10.2. The van der Waals surface area contributed by atoms with E-state index < -0.39 is 16.5 Å². The van der Waals surface area contributed by atoms with Crippen LogP contribution in [0, 0.1) is 10.1 Å². The van der Waals surface area contributed by atoms with Crippen LogP contribution in [0.25, 0.3) is 5.65 Å². The van der Waals surface area contributed by atoms with Crippen molar-refractivity contribution in [2.75, 3.05) is 0 Å². The van der Waals surface area contributed by atoms with Gasteiger partial charge in [-0.25, -0.2) is 4.79 Å². The van der Waals surface area contributed by atoms with E-state index in [0.717, 1.165) is 5.56 Å². The number of ether oxygens (including phenoxy) is 1. The molecule has 0 saturated carbocycles. The Balaban J connectivity index is 1.48. The Kier molecular flexibility index (Phi) is 5.76. The molecule has 0 unspecified atom stereocenters. The molecule has 0 radical (unpaired) electrons. The van der Waals surface area contributed by atoms with Crippen LogP contribution < -0.4 is 5.56 Å². The fraction of sp³-hybridized carbons (Fsp3) is 0.100.